The lowest BCUT2D eigenvalue weighted by atomic mass is 10.1. The van der Waals surface area contributed by atoms with Gasteiger partial charge in [-0.3, -0.25) is 4.79 Å². The van der Waals surface area contributed by atoms with E-state index in [4.69, 9.17) is 0 Å². The number of sulfonamides is 1. The molecule has 1 aliphatic heterocycles. The first kappa shape index (κ1) is 18.6. The van der Waals surface area contributed by atoms with Crippen LogP contribution in [-0.2, 0) is 14.8 Å². The lowest BCUT2D eigenvalue weighted by Gasteiger charge is -2.31. The van der Waals surface area contributed by atoms with Crippen molar-refractivity contribution in [2.75, 3.05) is 32.4 Å². The summed E-state index contributed by atoms with van der Waals surface area (Å²) in [7, 11) is -1.37. The maximum Gasteiger partial charge on any atom is 0.234 e. The van der Waals surface area contributed by atoms with Crippen molar-refractivity contribution in [2.45, 2.75) is 32.2 Å². The summed E-state index contributed by atoms with van der Waals surface area (Å²) in [6.45, 7) is 3.18. The van der Waals surface area contributed by atoms with Crippen molar-refractivity contribution >= 4 is 28.3 Å². The molecule has 0 aromatic heterocycles. The van der Waals surface area contributed by atoms with Crippen molar-refractivity contribution in [1.82, 2.24) is 14.9 Å². The fraction of sp³-hybridized carbons (Fsp3) is 0.909. The van der Waals surface area contributed by atoms with E-state index in [0.717, 1.165) is 0 Å². The number of rotatable bonds is 6. The summed E-state index contributed by atoms with van der Waals surface area (Å²) < 4.78 is 25.2. The number of carbonyl (C=O) groups is 1. The molecule has 0 aromatic rings. The van der Waals surface area contributed by atoms with Crippen molar-refractivity contribution in [3.8, 4) is 0 Å². The van der Waals surface area contributed by atoms with Crippen LogP contribution in [0.15, 0.2) is 0 Å². The van der Waals surface area contributed by atoms with Crippen molar-refractivity contribution in [3.05, 3.63) is 0 Å². The van der Waals surface area contributed by atoms with Gasteiger partial charge in [0.25, 0.3) is 0 Å². The topological polar surface area (TPSA) is 78.5 Å². The molecule has 0 bridgehead atoms. The van der Waals surface area contributed by atoms with Crippen LogP contribution < -0.4 is 10.6 Å². The summed E-state index contributed by atoms with van der Waals surface area (Å²) in [6.07, 6.45) is 2.03. The second-order valence-corrected chi connectivity index (χ2v) is 6.68. The van der Waals surface area contributed by atoms with Gasteiger partial charge in [0, 0.05) is 19.1 Å². The van der Waals surface area contributed by atoms with Crippen LogP contribution in [0.1, 0.15) is 26.2 Å². The summed E-state index contributed by atoms with van der Waals surface area (Å²) in [6, 6.07) is 0.0962. The predicted octanol–water partition coefficient (Wildman–Crippen LogP) is -0.0520. The Hall–Kier alpha value is -0.370. The summed E-state index contributed by atoms with van der Waals surface area (Å²) in [5, 5.41) is 5.69. The fourth-order valence-corrected chi connectivity index (χ4v) is 3.65. The lowest BCUT2D eigenvalue weighted by Crippen LogP contribution is -2.48. The van der Waals surface area contributed by atoms with Gasteiger partial charge >= 0.3 is 0 Å². The summed E-state index contributed by atoms with van der Waals surface area (Å²) >= 11 is 0. The SMILES string of the molecule is CCCS(=O)(=O)N1CCC(NC(=O)CNC)CC1.Cl. The molecule has 1 saturated heterocycles. The van der Waals surface area contributed by atoms with Crippen molar-refractivity contribution in [2.24, 2.45) is 0 Å². The minimum atomic E-state index is -3.09. The van der Waals surface area contributed by atoms with Gasteiger partial charge in [-0.1, -0.05) is 6.92 Å². The Morgan fingerprint density at radius 3 is 2.37 bits per heavy atom. The van der Waals surface area contributed by atoms with Gasteiger partial charge in [0.2, 0.25) is 15.9 Å². The van der Waals surface area contributed by atoms with E-state index in [1.807, 2.05) is 6.92 Å². The second-order valence-electron chi connectivity index (χ2n) is 4.59. The number of likely N-dealkylation sites (N-methyl/N-ethyl adjacent to an activating group) is 1. The highest BCUT2D eigenvalue weighted by molar-refractivity contribution is 7.89. The first-order valence-electron chi connectivity index (χ1n) is 6.41. The molecule has 6 nitrogen and oxygen atoms in total. The minimum Gasteiger partial charge on any atom is -0.352 e. The molecular weight excluding hydrogens is 290 g/mol. The third kappa shape index (κ3) is 6.07. The summed E-state index contributed by atoms with van der Waals surface area (Å²) in [5.41, 5.74) is 0. The first-order valence-corrected chi connectivity index (χ1v) is 8.02. The Balaban J connectivity index is 0.00000324. The van der Waals surface area contributed by atoms with E-state index in [-0.39, 0.29) is 30.1 Å². The molecule has 0 aromatic carbocycles. The molecule has 1 heterocycles. The molecule has 0 unspecified atom stereocenters. The van der Waals surface area contributed by atoms with Gasteiger partial charge in [0.15, 0.2) is 0 Å². The normalized spacial score (nSPS) is 17.8. The van der Waals surface area contributed by atoms with Crippen LogP contribution in [0.5, 0.6) is 0 Å². The highest BCUT2D eigenvalue weighted by atomic mass is 35.5. The smallest absolute Gasteiger partial charge is 0.234 e. The molecule has 2 N–H and O–H groups in total. The van der Waals surface area contributed by atoms with Crippen LogP contribution in [0.4, 0.5) is 0 Å². The van der Waals surface area contributed by atoms with Crippen LogP contribution in [0.2, 0.25) is 0 Å². The monoisotopic (exact) mass is 313 g/mol. The van der Waals surface area contributed by atoms with Crippen LogP contribution in [0.25, 0.3) is 0 Å². The van der Waals surface area contributed by atoms with Gasteiger partial charge in [-0.2, -0.15) is 0 Å². The van der Waals surface area contributed by atoms with Crippen molar-refractivity contribution < 1.29 is 13.2 Å². The maximum absolute atomic E-state index is 11.8. The zero-order valence-corrected chi connectivity index (χ0v) is 13.1. The average molecular weight is 314 g/mol. The van der Waals surface area contributed by atoms with Gasteiger partial charge in [0.05, 0.1) is 12.3 Å². The van der Waals surface area contributed by atoms with E-state index in [1.165, 1.54) is 4.31 Å². The van der Waals surface area contributed by atoms with E-state index < -0.39 is 10.0 Å². The largest absolute Gasteiger partial charge is 0.352 e. The number of halogens is 1. The number of piperidine rings is 1. The predicted molar refractivity (Wildman–Crippen MR) is 78.0 cm³/mol. The lowest BCUT2D eigenvalue weighted by molar-refractivity contribution is -0.121. The van der Waals surface area contributed by atoms with Gasteiger partial charge in [-0.25, -0.2) is 12.7 Å². The maximum atomic E-state index is 11.8. The van der Waals surface area contributed by atoms with Crippen molar-refractivity contribution in [3.63, 3.8) is 0 Å². The molecular formula is C11H24ClN3O3S. The Morgan fingerprint density at radius 2 is 1.89 bits per heavy atom. The Bertz CT molecular complexity index is 367. The molecule has 1 rings (SSSR count). The second kappa shape index (κ2) is 8.73. The molecule has 1 amide bonds. The van der Waals surface area contributed by atoms with Gasteiger partial charge < -0.3 is 10.6 Å². The highest BCUT2D eigenvalue weighted by Crippen LogP contribution is 2.14. The van der Waals surface area contributed by atoms with Crippen LogP contribution >= 0.6 is 12.4 Å². The Kier molecular flexibility index (Phi) is 8.56. The molecule has 0 saturated carbocycles. The molecule has 8 heteroatoms. The third-order valence-corrected chi connectivity index (χ3v) is 5.09. The number of hydrogen-bond donors (Lipinski definition) is 2. The van der Waals surface area contributed by atoms with Gasteiger partial charge in [-0.05, 0) is 26.3 Å². The summed E-state index contributed by atoms with van der Waals surface area (Å²) in [5.74, 6) is 0.177. The summed E-state index contributed by atoms with van der Waals surface area (Å²) in [4.78, 5) is 11.4. The third-order valence-electron chi connectivity index (χ3n) is 3.01. The number of nitrogens with zero attached hydrogens (tertiary/aromatic N) is 1. The number of nitrogens with one attached hydrogen (secondary N) is 2. The zero-order chi connectivity index (χ0) is 13.6. The molecule has 1 fully saturated rings. The average Bonchev–Trinajstić information content (AvgIpc) is 2.30. The van der Waals surface area contributed by atoms with Gasteiger partial charge in [-0.15, -0.1) is 12.4 Å². The van der Waals surface area contributed by atoms with E-state index in [9.17, 15) is 13.2 Å². The molecule has 0 aliphatic carbocycles. The quantitative estimate of drug-likeness (QED) is 0.720. The Labute approximate surface area is 121 Å². The number of carbonyl (C=O) groups excluding carboxylic acids is 1. The van der Waals surface area contributed by atoms with E-state index >= 15 is 0 Å². The number of hydrogen-bond acceptors (Lipinski definition) is 4. The molecule has 0 spiro atoms. The van der Waals surface area contributed by atoms with E-state index in [1.54, 1.807) is 7.05 Å². The minimum absolute atomic E-state index is 0. The van der Waals surface area contributed by atoms with E-state index in [0.29, 0.717) is 38.9 Å². The van der Waals surface area contributed by atoms with Crippen LogP contribution in [0.3, 0.4) is 0 Å². The van der Waals surface area contributed by atoms with Crippen LogP contribution in [-0.4, -0.2) is 57.1 Å². The number of amides is 1. The standard InChI is InChI=1S/C11H23N3O3S.ClH/c1-3-8-18(16,17)14-6-4-10(5-7-14)13-11(15)9-12-2;/h10,12H,3-9H2,1-2H3,(H,13,15);1H. The molecule has 0 atom stereocenters. The van der Waals surface area contributed by atoms with Crippen LogP contribution in [0, 0.1) is 0 Å². The van der Waals surface area contributed by atoms with Gasteiger partial charge in [0.1, 0.15) is 0 Å². The Morgan fingerprint density at radius 1 is 1.32 bits per heavy atom. The fourth-order valence-electron chi connectivity index (χ4n) is 2.10. The molecule has 1 aliphatic rings. The molecule has 114 valence electrons. The molecule has 0 radical (unpaired) electrons. The van der Waals surface area contributed by atoms with E-state index in [2.05, 4.69) is 10.6 Å². The first-order chi connectivity index (χ1) is 8.49. The van der Waals surface area contributed by atoms with Crippen molar-refractivity contribution in [1.29, 1.82) is 0 Å². The highest BCUT2D eigenvalue weighted by Gasteiger charge is 2.27. The molecule has 19 heavy (non-hydrogen) atoms. The zero-order valence-electron chi connectivity index (χ0n) is 11.5.